The molecule has 0 atom stereocenters. The first kappa shape index (κ1) is 21.3. The second kappa shape index (κ2) is 10.3. The smallest absolute Gasteiger partial charge is 0.226 e. The van der Waals surface area contributed by atoms with Crippen LogP contribution in [0.2, 0.25) is 0 Å². The number of anilines is 1. The summed E-state index contributed by atoms with van der Waals surface area (Å²) in [5, 5.41) is 6.27. The highest BCUT2D eigenvalue weighted by molar-refractivity contribution is 5.92. The molecular formula is C22H30N4O2. The minimum Gasteiger partial charge on any atom is -0.496 e. The van der Waals surface area contributed by atoms with Crippen LogP contribution in [-0.2, 0) is 17.9 Å². The van der Waals surface area contributed by atoms with Gasteiger partial charge in [-0.05, 0) is 23.8 Å². The molecule has 2 aromatic carbocycles. The van der Waals surface area contributed by atoms with Crippen molar-refractivity contribution in [1.29, 1.82) is 0 Å². The summed E-state index contributed by atoms with van der Waals surface area (Å²) in [6, 6.07) is 15.8. The van der Waals surface area contributed by atoms with Gasteiger partial charge in [0.05, 0.1) is 7.11 Å². The largest absolute Gasteiger partial charge is 0.496 e. The third-order valence-electron chi connectivity index (χ3n) is 4.37. The van der Waals surface area contributed by atoms with Gasteiger partial charge in [-0.2, -0.15) is 0 Å². The van der Waals surface area contributed by atoms with Crippen LogP contribution in [0.5, 0.6) is 5.75 Å². The third-order valence-corrected chi connectivity index (χ3v) is 4.37. The van der Waals surface area contributed by atoms with Crippen molar-refractivity contribution in [3.63, 3.8) is 0 Å². The van der Waals surface area contributed by atoms with Crippen molar-refractivity contribution >= 4 is 17.6 Å². The fourth-order valence-corrected chi connectivity index (χ4v) is 2.72. The first-order chi connectivity index (χ1) is 13.4. The van der Waals surface area contributed by atoms with Gasteiger partial charge in [-0.15, -0.1) is 0 Å². The molecule has 0 aliphatic heterocycles. The maximum absolute atomic E-state index is 11.8. The first-order valence-corrected chi connectivity index (χ1v) is 9.38. The monoisotopic (exact) mass is 382 g/mol. The fraction of sp³-hybridized carbons (Fsp3) is 0.364. The van der Waals surface area contributed by atoms with Gasteiger partial charge in [-0.3, -0.25) is 9.79 Å². The lowest BCUT2D eigenvalue weighted by Gasteiger charge is -2.23. The quantitative estimate of drug-likeness (QED) is 0.568. The highest BCUT2D eigenvalue weighted by Crippen LogP contribution is 2.18. The van der Waals surface area contributed by atoms with Gasteiger partial charge >= 0.3 is 0 Å². The molecule has 28 heavy (non-hydrogen) atoms. The van der Waals surface area contributed by atoms with E-state index in [9.17, 15) is 4.79 Å². The van der Waals surface area contributed by atoms with E-state index < -0.39 is 0 Å². The van der Waals surface area contributed by atoms with Crippen molar-refractivity contribution in [2.45, 2.75) is 26.9 Å². The lowest BCUT2D eigenvalue weighted by molar-refractivity contribution is -0.118. The van der Waals surface area contributed by atoms with Crippen molar-refractivity contribution in [3.05, 3.63) is 59.7 Å². The third kappa shape index (κ3) is 6.01. The molecular weight excluding hydrogens is 352 g/mol. The number of nitrogens with one attached hydrogen (secondary N) is 2. The van der Waals surface area contributed by atoms with E-state index >= 15 is 0 Å². The minimum absolute atomic E-state index is 0.0178. The summed E-state index contributed by atoms with van der Waals surface area (Å²) in [4.78, 5) is 18.2. The topological polar surface area (TPSA) is 66.0 Å². The number of para-hydroxylation sites is 1. The lowest BCUT2D eigenvalue weighted by Crippen LogP contribution is -2.38. The molecule has 1 amide bonds. The Morgan fingerprint density at radius 1 is 1.14 bits per heavy atom. The van der Waals surface area contributed by atoms with Crippen LogP contribution in [0, 0.1) is 5.92 Å². The number of methoxy groups -OCH3 is 1. The Kier molecular flexibility index (Phi) is 7.87. The molecule has 2 aromatic rings. The van der Waals surface area contributed by atoms with Crippen LogP contribution in [0.1, 0.15) is 25.0 Å². The SMILES string of the molecule is CN=C(NCc1ccc(NC(=O)C(C)C)cc1)N(C)Cc1ccccc1OC. The molecule has 2 N–H and O–H groups in total. The van der Waals surface area contributed by atoms with E-state index in [1.54, 1.807) is 14.2 Å². The number of hydrogen-bond donors (Lipinski definition) is 2. The summed E-state index contributed by atoms with van der Waals surface area (Å²) in [7, 11) is 5.44. The van der Waals surface area contributed by atoms with Gasteiger partial charge in [0.2, 0.25) is 5.91 Å². The van der Waals surface area contributed by atoms with Crippen LogP contribution in [0.4, 0.5) is 5.69 Å². The van der Waals surface area contributed by atoms with E-state index in [1.807, 2.05) is 69.4 Å². The normalized spacial score (nSPS) is 11.3. The zero-order valence-electron chi connectivity index (χ0n) is 17.3. The van der Waals surface area contributed by atoms with Crippen LogP contribution in [0.15, 0.2) is 53.5 Å². The molecule has 0 fully saturated rings. The van der Waals surface area contributed by atoms with Gasteiger partial charge in [-0.1, -0.05) is 44.2 Å². The Hall–Kier alpha value is -3.02. The molecule has 150 valence electrons. The molecule has 0 aliphatic rings. The van der Waals surface area contributed by atoms with Crippen molar-refractivity contribution < 1.29 is 9.53 Å². The second-order valence-corrected chi connectivity index (χ2v) is 6.91. The van der Waals surface area contributed by atoms with E-state index in [0.717, 1.165) is 28.5 Å². The molecule has 6 heteroatoms. The summed E-state index contributed by atoms with van der Waals surface area (Å²) in [5.41, 5.74) is 3.01. The predicted molar refractivity (Wildman–Crippen MR) is 115 cm³/mol. The Morgan fingerprint density at radius 2 is 1.82 bits per heavy atom. The zero-order valence-corrected chi connectivity index (χ0v) is 17.3. The number of rotatable bonds is 7. The average molecular weight is 383 g/mol. The molecule has 6 nitrogen and oxygen atoms in total. The summed E-state index contributed by atoms with van der Waals surface area (Å²) >= 11 is 0. The number of hydrogen-bond acceptors (Lipinski definition) is 3. The molecule has 0 saturated carbocycles. The standard InChI is InChI=1S/C22H30N4O2/c1-16(2)21(27)25-19-12-10-17(11-13-19)14-24-22(23-3)26(4)15-18-8-6-7-9-20(18)28-5/h6-13,16H,14-15H2,1-5H3,(H,23,24)(H,25,27). The van der Waals surface area contributed by atoms with E-state index in [-0.39, 0.29) is 11.8 Å². The molecule has 0 unspecified atom stereocenters. The van der Waals surface area contributed by atoms with Crippen molar-refractivity contribution in [1.82, 2.24) is 10.2 Å². The van der Waals surface area contributed by atoms with Gasteiger partial charge in [0.15, 0.2) is 5.96 Å². The Balaban J connectivity index is 1.93. The van der Waals surface area contributed by atoms with Crippen molar-refractivity contribution in [2.75, 3.05) is 26.5 Å². The van der Waals surface area contributed by atoms with E-state index in [2.05, 4.69) is 20.5 Å². The molecule has 0 aliphatic carbocycles. The number of ether oxygens (including phenoxy) is 1. The van der Waals surface area contributed by atoms with Gasteiger partial charge in [0.1, 0.15) is 5.75 Å². The number of aliphatic imine (C=N–C) groups is 1. The van der Waals surface area contributed by atoms with Crippen LogP contribution >= 0.6 is 0 Å². The Morgan fingerprint density at radius 3 is 2.43 bits per heavy atom. The summed E-state index contributed by atoms with van der Waals surface area (Å²) in [6.07, 6.45) is 0. The number of amides is 1. The molecule has 2 rings (SSSR count). The predicted octanol–water partition coefficient (Wildman–Crippen LogP) is 3.50. The van der Waals surface area contributed by atoms with E-state index in [4.69, 9.17) is 4.74 Å². The maximum Gasteiger partial charge on any atom is 0.226 e. The zero-order chi connectivity index (χ0) is 20.5. The van der Waals surface area contributed by atoms with Gasteiger partial charge in [0, 0.05) is 44.4 Å². The molecule has 0 spiro atoms. The number of nitrogens with zero attached hydrogens (tertiary/aromatic N) is 2. The summed E-state index contributed by atoms with van der Waals surface area (Å²) < 4.78 is 5.43. The van der Waals surface area contributed by atoms with Gasteiger partial charge < -0.3 is 20.3 Å². The van der Waals surface area contributed by atoms with Gasteiger partial charge in [0.25, 0.3) is 0 Å². The fourth-order valence-electron chi connectivity index (χ4n) is 2.72. The number of carbonyl (C=O) groups is 1. The van der Waals surface area contributed by atoms with E-state index in [0.29, 0.717) is 13.1 Å². The van der Waals surface area contributed by atoms with Crippen molar-refractivity contribution in [3.8, 4) is 5.75 Å². The van der Waals surface area contributed by atoms with Crippen LogP contribution in [0.25, 0.3) is 0 Å². The Bertz CT molecular complexity index is 800. The van der Waals surface area contributed by atoms with Crippen molar-refractivity contribution in [2.24, 2.45) is 10.9 Å². The average Bonchev–Trinajstić information content (AvgIpc) is 2.70. The highest BCUT2D eigenvalue weighted by atomic mass is 16.5. The maximum atomic E-state index is 11.8. The summed E-state index contributed by atoms with van der Waals surface area (Å²) in [5.74, 6) is 1.64. The number of carbonyl (C=O) groups excluding carboxylic acids is 1. The molecule has 0 saturated heterocycles. The molecule has 0 aromatic heterocycles. The number of benzene rings is 2. The van der Waals surface area contributed by atoms with E-state index in [1.165, 1.54) is 0 Å². The number of guanidine groups is 1. The van der Waals surface area contributed by atoms with Crippen LogP contribution in [-0.4, -0.2) is 38.0 Å². The second-order valence-electron chi connectivity index (χ2n) is 6.91. The molecule has 0 radical (unpaired) electrons. The molecule has 0 heterocycles. The minimum atomic E-state index is -0.0385. The first-order valence-electron chi connectivity index (χ1n) is 9.38. The highest BCUT2D eigenvalue weighted by Gasteiger charge is 2.10. The lowest BCUT2D eigenvalue weighted by atomic mass is 10.1. The molecule has 0 bridgehead atoms. The van der Waals surface area contributed by atoms with Gasteiger partial charge in [-0.25, -0.2) is 0 Å². The summed E-state index contributed by atoms with van der Waals surface area (Å²) in [6.45, 7) is 5.08. The van der Waals surface area contributed by atoms with Crippen LogP contribution < -0.4 is 15.4 Å². The Labute approximate surface area is 167 Å². The van der Waals surface area contributed by atoms with Crippen LogP contribution in [0.3, 0.4) is 0 Å².